The molecule has 96 valence electrons. The van der Waals surface area contributed by atoms with Crippen molar-refractivity contribution in [1.82, 2.24) is 0 Å². The van der Waals surface area contributed by atoms with Crippen molar-refractivity contribution in [3.05, 3.63) is 28.8 Å². The lowest BCUT2D eigenvalue weighted by molar-refractivity contribution is 0.173. The Morgan fingerprint density at radius 3 is 2.12 bits per heavy atom. The minimum atomic E-state index is -0.0169. The van der Waals surface area contributed by atoms with Crippen molar-refractivity contribution in [2.24, 2.45) is 0 Å². The van der Waals surface area contributed by atoms with Crippen molar-refractivity contribution in [2.75, 3.05) is 14.2 Å². The summed E-state index contributed by atoms with van der Waals surface area (Å²) in [6.07, 6.45) is 0. The summed E-state index contributed by atoms with van der Waals surface area (Å²) in [6, 6.07) is 3.96. The molecule has 1 N–H and O–H groups in total. The Bertz CT molecular complexity index is 378. The molecule has 0 atom stereocenters. The van der Waals surface area contributed by atoms with Gasteiger partial charge < -0.3 is 14.6 Å². The number of ether oxygens (including phenoxy) is 2. The number of hydrogen-bond acceptors (Lipinski definition) is 3. The van der Waals surface area contributed by atoms with Gasteiger partial charge in [-0.05, 0) is 11.0 Å². The van der Waals surface area contributed by atoms with Crippen LogP contribution in [0.4, 0.5) is 0 Å². The molecule has 0 aliphatic rings. The van der Waals surface area contributed by atoms with Gasteiger partial charge in [-0.2, -0.15) is 0 Å². The summed E-state index contributed by atoms with van der Waals surface area (Å²) in [6.45, 7) is 7.19. The highest BCUT2D eigenvalue weighted by molar-refractivity contribution is 5.47. The van der Waals surface area contributed by atoms with E-state index < -0.39 is 0 Å². The van der Waals surface area contributed by atoms with Gasteiger partial charge in [0.1, 0.15) is 5.75 Å². The van der Waals surface area contributed by atoms with E-state index in [4.69, 9.17) is 9.47 Å². The summed E-state index contributed by atoms with van der Waals surface area (Å²) in [5.41, 5.74) is 2.75. The Labute approximate surface area is 103 Å². The molecule has 3 heteroatoms. The molecule has 0 bridgehead atoms. The van der Waals surface area contributed by atoms with Crippen LogP contribution in [0.2, 0.25) is 0 Å². The summed E-state index contributed by atoms with van der Waals surface area (Å²) in [4.78, 5) is 0. The monoisotopic (exact) mass is 238 g/mol. The number of methoxy groups -OCH3 is 2. The normalized spacial score (nSPS) is 11.8. The lowest BCUT2D eigenvalue weighted by Gasteiger charge is -2.24. The van der Waals surface area contributed by atoms with E-state index in [1.165, 1.54) is 0 Å². The van der Waals surface area contributed by atoms with Crippen LogP contribution in [0.5, 0.6) is 5.75 Å². The second-order valence-corrected chi connectivity index (χ2v) is 5.22. The van der Waals surface area contributed by atoms with Gasteiger partial charge >= 0.3 is 0 Å². The van der Waals surface area contributed by atoms with Crippen LogP contribution in [-0.4, -0.2) is 19.3 Å². The molecule has 1 rings (SSSR count). The predicted octanol–water partition coefficient (Wildman–Crippen LogP) is 2.98. The van der Waals surface area contributed by atoms with Crippen molar-refractivity contribution in [2.45, 2.75) is 39.4 Å². The van der Waals surface area contributed by atoms with Crippen LogP contribution >= 0.6 is 0 Å². The minimum Gasteiger partial charge on any atom is -0.507 e. The average molecular weight is 238 g/mol. The summed E-state index contributed by atoms with van der Waals surface area (Å²) < 4.78 is 10.2. The van der Waals surface area contributed by atoms with Crippen LogP contribution in [0, 0.1) is 0 Å². The Kier molecular flexibility index (Phi) is 4.54. The molecular weight excluding hydrogens is 216 g/mol. The zero-order chi connectivity index (χ0) is 13.1. The van der Waals surface area contributed by atoms with E-state index in [0.717, 1.165) is 16.7 Å². The molecule has 0 heterocycles. The molecule has 0 amide bonds. The maximum atomic E-state index is 10.2. The summed E-state index contributed by atoms with van der Waals surface area (Å²) in [5.74, 6) is 0.293. The van der Waals surface area contributed by atoms with Gasteiger partial charge in [0.15, 0.2) is 0 Å². The van der Waals surface area contributed by atoms with E-state index in [1.807, 2.05) is 12.1 Å². The smallest absolute Gasteiger partial charge is 0.126 e. The van der Waals surface area contributed by atoms with Crippen molar-refractivity contribution >= 4 is 0 Å². The largest absolute Gasteiger partial charge is 0.507 e. The number of benzene rings is 1. The van der Waals surface area contributed by atoms with Gasteiger partial charge in [-0.1, -0.05) is 32.9 Å². The van der Waals surface area contributed by atoms with E-state index in [-0.39, 0.29) is 5.41 Å². The third kappa shape index (κ3) is 3.20. The van der Waals surface area contributed by atoms with E-state index in [9.17, 15) is 5.11 Å². The summed E-state index contributed by atoms with van der Waals surface area (Å²) in [5, 5.41) is 10.2. The number of aromatic hydroxyl groups is 1. The highest BCUT2D eigenvalue weighted by Crippen LogP contribution is 2.34. The number of phenolic OH excluding ortho intramolecular Hbond substituents is 1. The molecule has 0 aliphatic carbocycles. The van der Waals surface area contributed by atoms with Gasteiger partial charge in [0.05, 0.1) is 13.2 Å². The van der Waals surface area contributed by atoms with Gasteiger partial charge in [-0.3, -0.25) is 0 Å². The van der Waals surface area contributed by atoms with Gasteiger partial charge in [0.2, 0.25) is 0 Å². The number of hydrogen-bond donors (Lipinski definition) is 1. The first-order valence-corrected chi connectivity index (χ1v) is 5.74. The first kappa shape index (κ1) is 14.0. The molecule has 0 aromatic heterocycles. The quantitative estimate of drug-likeness (QED) is 0.876. The topological polar surface area (TPSA) is 38.7 Å². The molecule has 0 spiro atoms. The molecular formula is C14H22O3. The molecule has 17 heavy (non-hydrogen) atoms. The molecule has 1 aromatic carbocycles. The Balaban J connectivity index is 3.29. The second-order valence-electron chi connectivity index (χ2n) is 5.22. The van der Waals surface area contributed by atoms with Gasteiger partial charge in [-0.25, -0.2) is 0 Å². The highest BCUT2D eigenvalue weighted by Gasteiger charge is 2.21. The molecule has 0 fully saturated rings. The third-order valence-corrected chi connectivity index (χ3v) is 2.76. The van der Waals surface area contributed by atoms with Crippen LogP contribution in [0.1, 0.15) is 37.5 Å². The minimum absolute atomic E-state index is 0.0169. The number of rotatable bonds is 4. The van der Waals surface area contributed by atoms with Crippen molar-refractivity contribution in [3.63, 3.8) is 0 Å². The SMILES string of the molecule is COCc1ccc(C(C)(C)C)c(COC)c1O. The molecule has 0 radical (unpaired) electrons. The molecule has 0 aliphatic heterocycles. The fourth-order valence-electron chi connectivity index (χ4n) is 1.95. The summed E-state index contributed by atoms with van der Waals surface area (Å²) >= 11 is 0. The lowest BCUT2D eigenvalue weighted by atomic mass is 9.83. The number of phenols is 1. The van der Waals surface area contributed by atoms with E-state index >= 15 is 0 Å². The molecule has 3 nitrogen and oxygen atoms in total. The van der Waals surface area contributed by atoms with E-state index in [0.29, 0.717) is 19.0 Å². The van der Waals surface area contributed by atoms with Crippen molar-refractivity contribution in [1.29, 1.82) is 0 Å². The van der Waals surface area contributed by atoms with Gasteiger partial charge in [0.25, 0.3) is 0 Å². The van der Waals surface area contributed by atoms with E-state index in [2.05, 4.69) is 20.8 Å². The second kappa shape index (κ2) is 5.52. The predicted molar refractivity (Wildman–Crippen MR) is 68.2 cm³/mol. The lowest BCUT2D eigenvalue weighted by Crippen LogP contribution is -2.15. The molecule has 1 aromatic rings. The van der Waals surface area contributed by atoms with Gasteiger partial charge in [0, 0.05) is 25.3 Å². The maximum absolute atomic E-state index is 10.2. The third-order valence-electron chi connectivity index (χ3n) is 2.76. The first-order chi connectivity index (χ1) is 7.91. The molecule has 0 saturated carbocycles. The van der Waals surface area contributed by atoms with E-state index in [1.54, 1.807) is 14.2 Å². The fraction of sp³-hybridized carbons (Fsp3) is 0.571. The van der Waals surface area contributed by atoms with Gasteiger partial charge in [-0.15, -0.1) is 0 Å². The zero-order valence-electron chi connectivity index (χ0n) is 11.3. The van der Waals surface area contributed by atoms with Crippen LogP contribution in [0.15, 0.2) is 12.1 Å². The van der Waals surface area contributed by atoms with Crippen molar-refractivity contribution < 1.29 is 14.6 Å². The highest BCUT2D eigenvalue weighted by atomic mass is 16.5. The molecule has 0 saturated heterocycles. The Morgan fingerprint density at radius 2 is 1.65 bits per heavy atom. The van der Waals surface area contributed by atoms with Crippen LogP contribution in [0.25, 0.3) is 0 Å². The van der Waals surface area contributed by atoms with Crippen LogP contribution in [0.3, 0.4) is 0 Å². The Morgan fingerprint density at radius 1 is 1.06 bits per heavy atom. The zero-order valence-corrected chi connectivity index (χ0v) is 11.3. The average Bonchev–Trinajstić information content (AvgIpc) is 2.22. The maximum Gasteiger partial charge on any atom is 0.126 e. The fourth-order valence-corrected chi connectivity index (χ4v) is 1.95. The van der Waals surface area contributed by atoms with Crippen LogP contribution in [-0.2, 0) is 28.1 Å². The summed E-state index contributed by atoms with van der Waals surface area (Å²) in [7, 11) is 3.25. The van der Waals surface area contributed by atoms with Crippen LogP contribution < -0.4 is 0 Å². The van der Waals surface area contributed by atoms with Crippen molar-refractivity contribution in [3.8, 4) is 5.75 Å². The molecule has 0 unspecified atom stereocenters. The Hall–Kier alpha value is -1.06. The standard InChI is InChI=1S/C14H22O3/c1-14(2,3)12-7-6-10(8-16-4)13(15)11(12)9-17-5/h6-7,15H,8-9H2,1-5H3. The first-order valence-electron chi connectivity index (χ1n) is 5.74.